The maximum absolute atomic E-state index is 12.1. The van der Waals surface area contributed by atoms with Gasteiger partial charge in [0, 0.05) is 24.7 Å². The predicted molar refractivity (Wildman–Crippen MR) is 80.7 cm³/mol. The second-order valence-electron chi connectivity index (χ2n) is 6.38. The highest BCUT2D eigenvalue weighted by atomic mass is 16.1. The highest BCUT2D eigenvalue weighted by Gasteiger charge is 2.35. The van der Waals surface area contributed by atoms with E-state index in [9.17, 15) is 9.59 Å². The average Bonchev–Trinajstić information content (AvgIpc) is 2.28. The first kappa shape index (κ1) is 14.5. The van der Waals surface area contributed by atoms with Gasteiger partial charge in [-0.05, 0) is 30.9 Å². The number of aryl methyl sites for hydroxylation is 2. The maximum atomic E-state index is 12.1. The highest BCUT2D eigenvalue weighted by Crippen LogP contribution is 2.33. The molecule has 0 unspecified atom stereocenters. The van der Waals surface area contributed by atoms with Crippen molar-refractivity contribution < 1.29 is 9.59 Å². The van der Waals surface area contributed by atoms with Crippen LogP contribution < -0.4 is 5.32 Å². The van der Waals surface area contributed by atoms with Crippen LogP contribution in [0.5, 0.6) is 0 Å². The molecule has 0 spiro atoms. The van der Waals surface area contributed by atoms with Crippen LogP contribution in [0.3, 0.4) is 0 Å². The minimum Gasteiger partial charge on any atom is -0.361 e. The number of anilines is 1. The molecule has 0 radical (unpaired) electrons. The van der Waals surface area contributed by atoms with Crippen molar-refractivity contribution >= 4 is 17.3 Å². The van der Waals surface area contributed by atoms with Crippen molar-refractivity contribution in [1.29, 1.82) is 0 Å². The van der Waals surface area contributed by atoms with Crippen molar-refractivity contribution in [3.63, 3.8) is 0 Å². The van der Waals surface area contributed by atoms with Crippen molar-refractivity contribution in [2.45, 2.75) is 40.5 Å². The van der Waals surface area contributed by atoms with E-state index in [-0.39, 0.29) is 17.0 Å². The Morgan fingerprint density at radius 2 is 1.70 bits per heavy atom. The predicted octanol–water partition coefficient (Wildman–Crippen LogP) is 3.56. The number of ketones is 2. The van der Waals surface area contributed by atoms with Gasteiger partial charge in [0.1, 0.15) is 0 Å². The Bertz CT molecular complexity index is 575. The third-order valence-corrected chi connectivity index (χ3v) is 3.63. The molecule has 0 aromatic heterocycles. The van der Waals surface area contributed by atoms with Gasteiger partial charge < -0.3 is 5.32 Å². The van der Waals surface area contributed by atoms with Crippen LogP contribution >= 0.6 is 0 Å². The monoisotopic (exact) mass is 271 g/mol. The summed E-state index contributed by atoms with van der Waals surface area (Å²) in [6, 6.07) is 6.03. The van der Waals surface area contributed by atoms with Gasteiger partial charge in [0.2, 0.25) is 0 Å². The number of hydrogen-bond acceptors (Lipinski definition) is 3. The summed E-state index contributed by atoms with van der Waals surface area (Å²) in [6.07, 6.45) is 2.43. The van der Waals surface area contributed by atoms with Crippen molar-refractivity contribution in [1.82, 2.24) is 0 Å². The van der Waals surface area contributed by atoms with Gasteiger partial charge in [0.25, 0.3) is 0 Å². The Morgan fingerprint density at radius 3 is 2.25 bits per heavy atom. The van der Waals surface area contributed by atoms with Gasteiger partial charge in [-0.25, -0.2) is 0 Å². The van der Waals surface area contributed by atoms with Crippen molar-refractivity contribution in [3.05, 3.63) is 41.1 Å². The van der Waals surface area contributed by atoms with E-state index in [0.717, 1.165) is 11.3 Å². The normalized spacial score (nSPS) is 18.1. The number of rotatable bonds is 2. The Hall–Kier alpha value is -1.90. The van der Waals surface area contributed by atoms with E-state index < -0.39 is 0 Å². The van der Waals surface area contributed by atoms with Crippen LogP contribution in [0.1, 0.15) is 37.8 Å². The van der Waals surface area contributed by atoms with Gasteiger partial charge >= 0.3 is 0 Å². The summed E-state index contributed by atoms with van der Waals surface area (Å²) in [7, 11) is 0. The fourth-order valence-electron chi connectivity index (χ4n) is 2.56. The van der Waals surface area contributed by atoms with Crippen molar-refractivity contribution in [3.8, 4) is 0 Å². The van der Waals surface area contributed by atoms with Gasteiger partial charge in [-0.2, -0.15) is 0 Å². The van der Waals surface area contributed by atoms with E-state index in [1.807, 2.05) is 39.8 Å². The molecule has 0 atom stereocenters. The van der Waals surface area contributed by atoms with Gasteiger partial charge in [-0.15, -0.1) is 0 Å². The summed E-state index contributed by atoms with van der Waals surface area (Å²) >= 11 is 0. The topological polar surface area (TPSA) is 46.2 Å². The Kier molecular flexibility index (Phi) is 3.80. The van der Waals surface area contributed by atoms with Gasteiger partial charge in [-0.1, -0.05) is 31.5 Å². The molecule has 0 heterocycles. The van der Waals surface area contributed by atoms with Crippen LogP contribution in [-0.2, 0) is 9.59 Å². The van der Waals surface area contributed by atoms with Gasteiger partial charge in [-0.3, -0.25) is 9.59 Å². The minimum atomic E-state index is -0.217. The molecule has 106 valence electrons. The van der Waals surface area contributed by atoms with Gasteiger partial charge in [0.15, 0.2) is 11.6 Å². The van der Waals surface area contributed by atoms with Crippen molar-refractivity contribution in [2.24, 2.45) is 5.41 Å². The summed E-state index contributed by atoms with van der Waals surface area (Å²) in [5.74, 6) is -0.132. The second-order valence-corrected chi connectivity index (χ2v) is 6.38. The quantitative estimate of drug-likeness (QED) is 0.661. The first-order valence-electron chi connectivity index (χ1n) is 6.89. The second kappa shape index (κ2) is 5.23. The van der Waals surface area contributed by atoms with E-state index in [2.05, 4.69) is 11.4 Å². The number of carbonyl (C=O) groups is 2. The summed E-state index contributed by atoms with van der Waals surface area (Å²) in [4.78, 5) is 24.1. The standard InChI is InChI=1S/C17H21NO2/c1-11-5-6-14(12(2)7-11)18-10-13-15(19)8-17(3,4)9-16(13)20/h5-7,10,18H,8-9H2,1-4H3. The SMILES string of the molecule is Cc1ccc(NC=C2C(=O)CC(C)(C)CC2=O)c(C)c1. The summed E-state index contributed by atoms with van der Waals surface area (Å²) < 4.78 is 0. The number of hydrogen-bond donors (Lipinski definition) is 1. The molecule has 1 aromatic carbocycles. The summed E-state index contributed by atoms with van der Waals surface area (Å²) in [5, 5.41) is 3.09. The summed E-state index contributed by atoms with van der Waals surface area (Å²) in [6.45, 7) is 7.95. The summed E-state index contributed by atoms with van der Waals surface area (Å²) in [5.41, 5.74) is 3.29. The van der Waals surface area contributed by atoms with E-state index in [0.29, 0.717) is 18.4 Å². The first-order valence-corrected chi connectivity index (χ1v) is 6.89. The molecule has 1 fully saturated rings. The Balaban J connectivity index is 2.19. The molecule has 1 aliphatic rings. The molecule has 1 N–H and O–H groups in total. The zero-order valence-corrected chi connectivity index (χ0v) is 12.5. The molecule has 1 saturated carbocycles. The number of allylic oxidation sites excluding steroid dienone is 1. The Morgan fingerprint density at radius 1 is 1.10 bits per heavy atom. The molecular formula is C17H21NO2. The number of Topliss-reactive ketones (excluding diaryl/α,β-unsaturated/α-hetero) is 2. The van der Waals surface area contributed by atoms with Crippen LogP contribution in [-0.4, -0.2) is 11.6 Å². The van der Waals surface area contributed by atoms with E-state index in [4.69, 9.17) is 0 Å². The maximum Gasteiger partial charge on any atom is 0.168 e. The fourth-order valence-corrected chi connectivity index (χ4v) is 2.56. The molecule has 3 nitrogen and oxygen atoms in total. The molecule has 1 aliphatic carbocycles. The smallest absolute Gasteiger partial charge is 0.168 e. The fraction of sp³-hybridized carbons (Fsp3) is 0.412. The molecule has 0 amide bonds. The first-order chi connectivity index (χ1) is 9.28. The lowest BCUT2D eigenvalue weighted by Gasteiger charge is -2.28. The third kappa shape index (κ3) is 3.16. The van der Waals surface area contributed by atoms with Crippen LogP contribution in [0.2, 0.25) is 0 Å². The molecule has 3 heteroatoms. The molecule has 20 heavy (non-hydrogen) atoms. The molecule has 0 aliphatic heterocycles. The van der Waals surface area contributed by atoms with Gasteiger partial charge in [0.05, 0.1) is 5.57 Å². The molecule has 0 bridgehead atoms. The minimum absolute atomic E-state index is 0.0662. The Labute approximate surface area is 120 Å². The zero-order valence-electron chi connectivity index (χ0n) is 12.5. The number of nitrogens with one attached hydrogen (secondary N) is 1. The lowest BCUT2D eigenvalue weighted by molar-refractivity contribution is -0.127. The van der Waals surface area contributed by atoms with E-state index >= 15 is 0 Å². The van der Waals surface area contributed by atoms with E-state index in [1.54, 1.807) is 6.20 Å². The van der Waals surface area contributed by atoms with Crippen LogP contribution in [0.4, 0.5) is 5.69 Å². The third-order valence-electron chi connectivity index (χ3n) is 3.63. The van der Waals surface area contributed by atoms with Crippen LogP contribution in [0, 0.1) is 19.3 Å². The lowest BCUT2D eigenvalue weighted by atomic mass is 9.74. The van der Waals surface area contributed by atoms with Crippen LogP contribution in [0.25, 0.3) is 0 Å². The number of carbonyl (C=O) groups excluding carboxylic acids is 2. The molecule has 2 rings (SSSR count). The molecule has 1 aromatic rings. The van der Waals surface area contributed by atoms with E-state index in [1.165, 1.54) is 5.56 Å². The largest absolute Gasteiger partial charge is 0.361 e. The highest BCUT2D eigenvalue weighted by molar-refractivity contribution is 6.22. The molecular weight excluding hydrogens is 250 g/mol. The number of benzene rings is 1. The zero-order chi connectivity index (χ0) is 14.9. The average molecular weight is 271 g/mol. The lowest BCUT2D eigenvalue weighted by Crippen LogP contribution is -2.31. The van der Waals surface area contributed by atoms with Crippen LogP contribution in [0.15, 0.2) is 30.0 Å². The van der Waals surface area contributed by atoms with Crippen molar-refractivity contribution in [2.75, 3.05) is 5.32 Å². The molecule has 0 saturated heterocycles.